The fraction of sp³-hybridized carbons (Fsp3) is 0.143. The lowest BCUT2D eigenvalue weighted by molar-refractivity contribution is -0.136. The topological polar surface area (TPSA) is 45.2 Å². The minimum absolute atomic E-state index is 0.121. The standard InChI is InChI=1S/C21H18F3N3O/c1-27(14-15-7-3-2-4-8-15)20(28)16-11-12-25-19(13-16)26-18-10-6-5-9-17(18)21(22,23)24/h2-13H,14H2,1H3,(H,25,26). The van der Waals surface area contributed by atoms with Crippen molar-refractivity contribution in [2.45, 2.75) is 12.7 Å². The largest absolute Gasteiger partial charge is 0.418 e. The summed E-state index contributed by atoms with van der Waals surface area (Å²) in [6, 6.07) is 17.6. The summed E-state index contributed by atoms with van der Waals surface area (Å²) in [5, 5.41) is 2.66. The molecule has 0 aliphatic carbocycles. The number of carbonyl (C=O) groups is 1. The molecule has 0 spiro atoms. The van der Waals surface area contributed by atoms with E-state index in [9.17, 15) is 18.0 Å². The van der Waals surface area contributed by atoms with Crippen molar-refractivity contribution < 1.29 is 18.0 Å². The van der Waals surface area contributed by atoms with Crippen LogP contribution in [0.1, 0.15) is 21.5 Å². The summed E-state index contributed by atoms with van der Waals surface area (Å²) < 4.78 is 39.5. The number of benzene rings is 2. The molecule has 0 saturated heterocycles. The van der Waals surface area contributed by atoms with Gasteiger partial charge in [0, 0.05) is 25.4 Å². The van der Waals surface area contributed by atoms with E-state index in [1.54, 1.807) is 7.05 Å². The van der Waals surface area contributed by atoms with Crippen LogP contribution in [0.2, 0.25) is 0 Å². The average molecular weight is 385 g/mol. The molecule has 3 rings (SSSR count). The highest BCUT2D eigenvalue weighted by atomic mass is 19.4. The first kappa shape index (κ1) is 19.4. The fourth-order valence-corrected chi connectivity index (χ4v) is 2.76. The van der Waals surface area contributed by atoms with E-state index in [2.05, 4.69) is 10.3 Å². The third kappa shape index (κ3) is 4.68. The molecule has 0 aliphatic heterocycles. The summed E-state index contributed by atoms with van der Waals surface area (Å²) >= 11 is 0. The van der Waals surface area contributed by atoms with Gasteiger partial charge >= 0.3 is 6.18 Å². The number of nitrogens with zero attached hydrogens (tertiary/aromatic N) is 2. The molecule has 28 heavy (non-hydrogen) atoms. The number of aromatic nitrogens is 1. The summed E-state index contributed by atoms with van der Waals surface area (Å²) in [5.74, 6) is -0.0888. The van der Waals surface area contributed by atoms with Gasteiger partial charge in [-0.1, -0.05) is 42.5 Å². The van der Waals surface area contributed by atoms with Crippen LogP contribution in [-0.2, 0) is 12.7 Å². The molecule has 0 fully saturated rings. The number of anilines is 2. The van der Waals surface area contributed by atoms with Gasteiger partial charge in [-0.05, 0) is 29.8 Å². The van der Waals surface area contributed by atoms with Crippen molar-refractivity contribution in [2.24, 2.45) is 0 Å². The number of alkyl halides is 3. The summed E-state index contributed by atoms with van der Waals surface area (Å²) in [6.45, 7) is 0.418. The number of carbonyl (C=O) groups excluding carboxylic acids is 1. The second kappa shape index (κ2) is 8.12. The van der Waals surface area contributed by atoms with Gasteiger partial charge in [0.15, 0.2) is 0 Å². The lowest BCUT2D eigenvalue weighted by Gasteiger charge is -2.18. The Bertz CT molecular complexity index is 958. The molecule has 1 aromatic heterocycles. The second-order valence-corrected chi connectivity index (χ2v) is 6.24. The first-order valence-corrected chi connectivity index (χ1v) is 8.53. The molecular weight excluding hydrogens is 367 g/mol. The van der Waals surface area contributed by atoms with Crippen LogP contribution in [0.3, 0.4) is 0 Å². The Labute approximate surface area is 160 Å². The van der Waals surface area contributed by atoms with E-state index < -0.39 is 11.7 Å². The molecule has 0 atom stereocenters. The highest BCUT2D eigenvalue weighted by Crippen LogP contribution is 2.35. The van der Waals surface area contributed by atoms with Crippen molar-refractivity contribution in [3.8, 4) is 0 Å². The van der Waals surface area contributed by atoms with E-state index in [0.29, 0.717) is 12.1 Å². The molecule has 7 heteroatoms. The minimum atomic E-state index is -4.49. The maximum absolute atomic E-state index is 13.2. The fourth-order valence-electron chi connectivity index (χ4n) is 2.76. The number of halogens is 3. The highest BCUT2D eigenvalue weighted by molar-refractivity contribution is 5.94. The Balaban J connectivity index is 1.78. The summed E-state index contributed by atoms with van der Waals surface area (Å²) in [5.41, 5.74) is 0.393. The third-order valence-corrected chi connectivity index (χ3v) is 4.11. The molecule has 0 aliphatic rings. The van der Waals surface area contributed by atoms with E-state index in [0.717, 1.165) is 11.6 Å². The maximum Gasteiger partial charge on any atom is 0.418 e. The van der Waals surface area contributed by atoms with Crippen molar-refractivity contribution in [1.82, 2.24) is 9.88 Å². The van der Waals surface area contributed by atoms with Gasteiger partial charge in [0.1, 0.15) is 5.82 Å². The quantitative estimate of drug-likeness (QED) is 0.663. The molecule has 1 heterocycles. The van der Waals surface area contributed by atoms with Crippen molar-refractivity contribution in [3.05, 3.63) is 89.6 Å². The van der Waals surface area contributed by atoms with Crippen LogP contribution in [0.5, 0.6) is 0 Å². The molecule has 0 unspecified atom stereocenters. The number of rotatable bonds is 5. The molecule has 0 bridgehead atoms. The zero-order valence-corrected chi connectivity index (χ0v) is 15.1. The summed E-state index contributed by atoms with van der Waals surface area (Å²) in [6.07, 6.45) is -3.10. The second-order valence-electron chi connectivity index (χ2n) is 6.24. The van der Waals surface area contributed by atoms with Crippen molar-refractivity contribution >= 4 is 17.4 Å². The van der Waals surface area contributed by atoms with Crippen LogP contribution in [0.15, 0.2) is 72.9 Å². The normalized spacial score (nSPS) is 11.1. The summed E-state index contributed by atoms with van der Waals surface area (Å²) in [4.78, 5) is 18.2. The number of hydrogen-bond acceptors (Lipinski definition) is 3. The van der Waals surface area contributed by atoms with Crippen molar-refractivity contribution in [1.29, 1.82) is 0 Å². The Morgan fingerprint density at radius 1 is 1.04 bits per heavy atom. The zero-order chi connectivity index (χ0) is 20.1. The minimum Gasteiger partial charge on any atom is -0.340 e. The molecule has 0 saturated carbocycles. The number of hydrogen-bond donors (Lipinski definition) is 1. The number of amides is 1. The van der Waals surface area contributed by atoms with Gasteiger partial charge in [0.05, 0.1) is 11.3 Å². The van der Waals surface area contributed by atoms with Gasteiger partial charge in [-0.2, -0.15) is 13.2 Å². The molecule has 144 valence electrons. The zero-order valence-electron chi connectivity index (χ0n) is 15.1. The smallest absolute Gasteiger partial charge is 0.340 e. The molecule has 3 aromatic rings. The molecular formula is C21H18F3N3O. The van der Waals surface area contributed by atoms with Crippen LogP contribution >= 0.6 is 0 Å². The highest BCUT2D eigenvalue weighted by Gasteiger charge is 2.33. The molecule has 2 aromatic carbocycles. The van der Waals surface area contributed by atoms with E-state index >= 15 is 0 Å². The van der Waals surface area contributed by atoms with Gasteiger partial charge in [0.25, 0.3) is 5.91 Å². The first-order valence-electron chi connectivity index (χ1n) is 8.53. The molecule has 4 nitrogen and oxygen atoms in total. The molecule has 1 amide bonds. The number of nitrogens with one attached hydrogen (secondary N) is 1. The predicted molar refractivity (Wildman–Crippen MR) is 101 cm³/mol. The molecule has 0 radical (unpaired) electrons. The summed E-state index contributed by atoms with van der Waals surface area (Å²) in [7, 11) is 1.67. The monoisotopic (exact) mass is 385 g/mol. The Kier molecular flexibility index (Phi) is 5.63. The van der Waals surface area contributed by atoms with Crippen LogP contribution in [-0.4, -0.2) is 22.8 Å². The van der Waals surface area contributed by atoms with Gasteiger partial charge in [-0.3, -0.25) is 4.79 Å². The Hall–Kier alpha value is -3.35. The van der Waals surface area contributed by atoms with Gasteiger partial charge < -0.3 is 10.2 Å². The van der Waals surface area contributed by atoms with Gasteiger partial charge in [-0.15, -0.1) is 0 Å². The van der Waals surface area contributed by atoms with Crippen molar-refractivity contribution in [3.63, 3.8) is 0 Å². The number of pyridine rings is 1. The van der Waals surface area contributed by atoms with Crippen LogP contribution < -0.4 is 5.32 Å². The number of para-hydroxylation sites is 1. The maximum atomic E-state index is 13.2. The van der Waals surface area contributed by atoms with Crippen LogP contribution in [0, 0.1) is 0 Å². The van der Waals surface area contributed by atoms with E-state index in [1.165, 1.54) is 41.4 Å². The van der Waals surface area contributed by atoms with Gasteiger partial charge in [0.2, 0.25) is 0 Å². The Morgan fingerprint density at radius 3 is 2.43 bits per heavy atom. The average Bonchev–Trinajstić information content (AvgIpc) is 2.68. The van der Waals surface area contributed by atoms with Crippen LogP contribution in [0.25, 0.3) is 0 Å². The lowest BCUT2D eigenvalue weighted by Crippen LogP contribution is -2.26. The first-order chi connectivity index (χ1) is 13.3. The van der Waals surface area contributed by atoms with E-state index in [1.807, 2.05) is 30.3 Å². The molecule has 1 N–H and O–H groups in total. The SMILES string of the molecule is CN(Cc1ccccc1)C(=O)c1ccnc(Nc2ccccc2C(F)(F)F)c1. The van der Waals surface area contributed by atoms with Crippen LogP contribution in [0.4, 0.5) is 24.7 Å². The van der Waals surface area contributed by atoms with Gasteiger partial charge in [-0.25, -0.2) is 4.98 Å². The predicted octanol–water partition coefficient (Wildman–Crippen LogP) is 5.12. The lowest BCUT2D eigenvalue weighted by atomic mass is 10.1. The van der Waals surface area contributed by atoms with E-state index in [-0.39, 0.29) is 17.4 Å². The van der Waals surface area contributed by atoms with E-state index in [4.69, 9.17) is 0 Å². The third-order valence-electron chi connectivity index (χ3n) is 4.11. The Morgan fingerprint density at radius 2 is 1.71 bits per heavy atom. The van der Waals surface area contributed by atoms with Crippen molar-refractivity contribution in [2.75, 3.05) is 12.4 Å².